The summed E-state index contributed by atoms with van der Waals surface area (Å²) in [5, 5.41) is 34.1. The lowest BCUT2D eigenvalue weighted by molar-refractivity contribution is -0.137. The molecule has 0 radical (unpaired) electrons. The molecule has 0 unspecified atom stereocenters. The van der Waals surface area contributed by atoms with E-state index in [1.807, 2.05) is 0 Å². The van der Waals surface area contributed by atoms with Crippen molar-refractivity contribution in [1.82, 2.24) is 4.90 Å². The van der Waals surface area contributed by atoms with Gasteiger partial charge in [0.15, 0.2) is 0 Å². The summed E-state index contributed by atoms with van der Waals surface area (Å²) in [5.41, 5.74) is 0. The lowest BCUT2D eigenvalue weighted by Crippen LogP contribution is -2.32. The molecule has 0 aromatic heterocycles. The average Bonchev–Trinajstić information content (AvgIpc) is 2.94. The zero-order chi connectivity index (χ0) is 29.8. The van der Waals surface area contributed by atoms with Crippen LogP contribution < -0.4 is 0 Å². The molecule has 0 heterocycles. The van der Waals surface area contributed by atoms with Crippen LogP contribution in [-0.4, -0.2) is 70.8 Å². The van der Waals surface area contributed by atoms with Crippen LogP contribution in [-0.2, 0) is 4.79 Å². The van der Waals surface area contributed by atoms with Crippen molar-refractivity contribution in [2.75, 3.05) is 39.5 Å². The number of aliphatic hydroxyl groups is 3. The average molecular weight is 574 g/mol. The molecular formula is C34H71NO5. The van der Waals surface area contributed by atoms with Crippen LogP contribution in [0.15, 0.2) is 0 Å². The molecule has 0 aliphatic rings. The molecule has 0 aliphatic carbocycles. The molecule has 0 bridgehead atoms. The van der Waals surface area contributed by atoms with Crippen molar-refractivity contribution in [3.05, 3.63) is 0 Å². The van der Waals surface area contributed by atoms with Gasteiger partial charge in [0.1, 0.15) is 0 Å². The molecule has 0 atom stereocenters. The van der Waals surface area contributed by atoms with Gasteiger partial charge in [0.2, 0.25) is 0 Å². The molecule has 6 heteroatoms. The zero-order valence-corrected chi connectivity index (χ0v) is 26.8. The Morgan fingerprint density at radius 3 is 0.850 bits per heavy atom. The maximum absolute atomic E-state index is 10.4. The first-order valence-electron chi connectivity index (χ1n) is 17.4. The lowest BCUT2D eigenvalue weighted by Gasteiger charge is -2.17. The lowest BCUT2D eigenvalue weighted by atomic mass is 10.0. The minimum absolute atomic E-state index is 0.0694. The summed E-state index contributed by atoms with van der Waals surface area (Å²) in [6, 6.07) is 0. The van der Waals surface area contributed by atoms with Gasteiger partial charge in [-0.25, -0.2) is 0 Å². The molecule has 242 valence electrons. The van der Waals surface area contributed by atoms with Crippen molar-refractivity contribution >= 4 is 5.97 Å². The number of carbonyl (C=O) groups is 1. The second kappa shape index (κ2) is 38.3. The molecule has 4 N–H and O–H groups in total. The Labute approximate surface area is 249 Å². The van der Waals surface area contributed by atoms with E-state index in [-0.39, 0.29) is 19.8 Å². The van der Waals surface area contributed by atoms with Gasteiger partial charge in [0.05, 0.1) is 19.8 Å². The molecule has 0 aromatic carbocycles. The van der Waals surface area contributed by atoms with E-state index in [0.29, 0.717) is 26.1 Å². The van der Waals surface area contributed by atoms with Crippen LogP contribution >= 0.6 is 0 Å². The summed E-state index contributed by atoms with van der Waals surface area (Å²) in [4.78, 5) is 12.2. The summed E-state index contributed by atoms with van der Waals surface area (Å²) < 4.78 is 0. The standard InChI is InChI=1S/C28H56O2.C6H15NO3/c1-2-3-4-5-6-7-8-9-10-11-12-13-14-15-16-17-18-19-20-21-22-23-24-25-26-27-28(29)30;8-4-1-7(2-5-9)3-6-10/h2-27H2,1H3,(H,29,30);8-10H,1-6H2. The second-order valence-electron chi connectivity index (χ2n) is 11.6. The fraction of sp³-hybridized carbons (Fsp3) is 0.971. The summed E-state index contributed by atoms with van der Waals surface area (Å²) in [5.74, 6) is -0.649. The Bertz CT molecular complexity index is 449. The molecule has 0 aromatic rings. The normalized spacial score (nSPS) is 11.1. The predicted molar refractivity (Wildman–Crippen MR) is 171 cm³/mol. The van der Waals surface area contributed by atoms with E-state index >= 15 is 0 Å². The number of unbranched alkanes of at least 4 members (excludes halogenated alkanes) is 24. The Hall–Kier alpha value is -0.690. The van der Waals surface area contributed by atoms with Gasteiger partial charge in [-0.1, -0.05) is 161 Å². The smallest absolute Gasteiger partial charge is 0.303 e. The quantitative estimate of drug-likeness (QED) is 0.0602. The van der Waals surface area contributed by atoms with Crippen molar-refractivity contribution in [1.29, 1.82) is 0 Å². The number of carboxylic acid groups (broad SMARTS) is 1. The van der Waals surface area contributed by atoms with Gasteiger partial charge in [-0.05, 0) is 6.42 Å². The molecule has 0 amide bonds. The highest BCUT2D eigenvalue weighted by Gasteiger charge is 2.00. The van der Waals surface area contributed by atoms with Gasteiger partial charge in [-0.15, -0.1) is 0 Å². The summed E-state index contributed by atoms with van der Waals surface area (Å²) in [6.07, 6.45) is 35.0. The van der Waals surface area contributed by atoms with Crippen LogP contribution in [0.25, 0.3) is 0 Å². The van der Waals surface area contributed by atoms with E-state index in [1.165, 1.54) is 148 Å². The maximum atomic E-state index is 10.4. The third kappa shape index (κ3) is 39.5. The minimum atomic E-state index is -0.649. The Kier molecular flexibility index (Phi) is 39.7. The number of hydrogen-bond acceptors (Lipinski definition) is 5. The van der Waals surface area contributed by atoms with Gasteiger partial charge in [-0.2, -0.15) is 0 Å². The number of aliphatic hydroxyl groups excluding tert-OH is 3. The van der Waals surface area contributed by atoms with E-state index < -0.39 is 5.97 Å². The van der Waals surface area contributed by atoms with Gasteiger partial charge in [-0.3, -0.25) is 9.69 Å². The molecule has 0 aliphatic heterocycles. The van der Waals surface area contributed by atoms with Crippen LogP contribution in [0.1, 0.15) is 174 Å². The van der Waals surface area contributed by atoms with E-state index in [0.717, 1.165) is 12.8 Å². The maximum Gasteiger partial charge on any atom is 0.303 e. The van der Waals surface area contributed by atoms with Crippen LogP contribution in [0.4, 0.5) is 0 Å². The van der Waals surface area contributed by atoms with E-state index in [2.05, 4.69) is 6.92 Å². The zero-order valence-electron chi connectivity index (χ0n) is 26.8. The molecule has 0 spiro atoms. The molecule has 40 heavy (non-hydrogen) atoms. The third-order valence-electron chi connectivity index (χ3n) is 7.74. The third-order valence-corrected chi connectivity index (χ3v) is 7.74. The molecule has 0 rings (SSSR count). The fourth-order valence-electron chi connectivity index (χ4n) is 5.17. The largest absolute Gasteiger partial charge is 0.481 e. The first-order chi connectivity index (χ1) is 19.6. The van der Waals surface area contributed by atoms with Crippen LogP contribution in [0.2, 0.25) is 0 Å². The number of carboxylic acids is 1. The highest BCUT2D eigenvalue weighted by atomic mass is 16.4. The fourth-order valence-corrected chi connectivity index (χ4v) is 5.17. The second-order valence-corrected chi connectivity index (χ2v) is 11.6. The van der Waals surface area contributed by atoms with E-state index in [9.17, 15) is 4.79 Å². The summed E-state index contributed by atoms with van der Waals surface area (Å²) in [6.45, 7) is 4.05. The Morgan fingerprint density at radius 2 is 0.650 bits per heavy atom. The van der Waals surface area contributed by atoms with Crippen LogP contribution in [0.5, 0.6) is 0 Å². The number of hydrogen-bond donors (Lipinski definition) is 4. The Balaban J connectivity index is 0. The van der Waals surface area contributed by atoms with Gasteiger partial charge in [0.25, 0.3) is 0 Å². The van der Waals surface area contributed by atoms with Crippen molar-refractivity contribution in [3.63, 3.8) is 0 Å². The molecule has 0 saturated carbocycles. The molecule has 0 saturated heterocycles. The number of nitrogens with zero attached hydrogens (tertiary/aromatic N) is 1. The van der Waals surface area contributed by atoms with Crippen molar-refractivity contribution < 1.29 is 25.2 Å². The van der Waals surface area contributed by atoms with Crippen LogP contribution in [0.3, 0.4) is 0 Å². The van der Waals surface area contributed by atoms with E-state index in [4.69, 9.17) is 20.4 Å². The highest BCUT2D eigenvalue weighted by molar-refractivity contribution is 5.66. The number of rotatable bonds is 32. The first kappa shape index (κ1) is 41.4. The van der Waals surface area contributed by atoms with Crippen LogP contribution in [0, 0.1) is 0 Å². The van der Waals surface area contributed by atoms with Crippen molar-refractivity contribution in [2.45, 2.75) is 174 Å². The molecule has 6 nitrogen and oxygen atoms in total. The number of aliphatic carboxylic acids is 1. The predicted octanol–water partition coefficient (Wildman–Crippen LogP) is 8.50. The van der Waals surface area contributed by atoms with Gasteiger partial charge in [0, 0.05) is 26.1 Å². The molecular weight excluding hydrogens is 502 g/mol. The molecule has 0 fully saturated rings. The summed E-state index contributed by atoms with van der Waals surface area (Å²) in [7, 11) is 0. The van der Waals surface area contributed by atoms with Gasteiger partial charge < -0.3 is 20.4 Å². The Morgan fingerprint density at radius 1 is 0.425 bits per heavy atom. The topological polar surface area (TPSA) is 101 Å². The summed E-state index contributed by atoms with van der Waals surface area (Å²) >= 11 is 0. The minimum Gasteiger partial charge on any atom is -0.481 e. The van der Waals surface area contributed by atoms with Crippen molar-refractivity contribution in [2.24, 2.45) is 0 Å². The van der Waals surface area contributed by atoms with Crippen molar-refractivity contribution in [3.8, 4) is 0 Å². The van der Waals surface area contributed by atoms with Gasteiger partial charge >= 0.3 is 5.97 Å². The first-order valence-corrected chi connectivity index (χ1v) is 17.4. The van der Waals surface area contributed by atoms with E-state index in [1.54, 1.807) is 4.90 Å². The highest BCUT2D eigenvalue weighted by Crippen LogP contribution is 2.15. The SMILES string of the molecule is CCCCCCCCCCCCCCCCCCCCCCCCCCCC(=O)O.OCCN(CCO)CCO. The monoisotopic (exact) mass is 574 g/mol.